The fourth-order valence-corrected chi connectivity index (χ4v) is 7.51. The Kier molecular flexibility index (Phi) is 13.5. The molecular formula is C46H54O6. The third kappa shape index (κ3) is 9.86. The fourth-order valence-electron chi connectivity index (χ4n) is 7.51. The first-order valence-corrected chi connectivity index (χ1v) is 19.5. The lowest BCUT2D eigenvalue weighted by molar-refractivity contribution is -0.217. The van der Waals surface area contributed by atoms with Crippen molar-refractivity contribution in [1.29, 1.82) is 0 Å². The Bertz CT molecular complexity index is 1760. The highest BCUT2D eigenvalue weighted by Crippen LogP contribution is 2.53. The van der Waals surface area contributed by atoms with E-state index in [1.165, 1.54) is 73.3 Å². The van der Waals surface area contributed by atoms with Crippen molar-refractivity contribution in [2.45, 2.75) is 109 Å². The lowest BCUT2D eigenvalue weighted by Gasteiger charge is -2.27. The molecule has 0 amide bonds. The van der Waals surface area contributed by atoms with E-state index in [9.17, 15) is 4.79 Å². The summed E-state index contributed by atoms with van der Waals surface area (Å²) in [6.45, 7) is 6.25. The van der Waals surface area contributed by atoms with Crippen LogP contribution in [0.5, 0.6) is 23.0 Å². The van der Waals surface area contributed by atoms with Gasteiger partial charge in [-0.3, -0.25) is 0 Å². The molecule has 0 radical (unpaired) electrons. The molecule has 1 spiro atoms. The summed E-state index contributed by atoms with van der Waals surface area (Å²) in [5.41, 5.74) is 6.97. The zero-order valence-electron chi connectivity index (χ0n) is 31.0. The minimum atomic E-state index is -0.400. The zero-order valence-corrected chi connectivity index (χ0v) is 31.0. The summed E-state index contributed by atoms with van der Waals surface area (Å²) in [6, 6.07) is 28.2. The van der Waals surface area contributed by atoms with Gasteiger partial charge in [-0.1, -0.05) is 95.2 Å². The first-order valence-electron chi connectivity index (χ1n) is 19.5. The van der Waals surface area contributed by atoms with Crippen molar-refractivity contribution in [1.82, 2.24) is 0 Å². The van der Waals surface area contributed by atoms with Gasteiger partial charge >= 0.3 is 5.97 Å². The van der Waals surface area contributed by atoms with Gasteiger partial charge in [0.25, 0.3) is 0 Å². The van der Waals surface area contributed by atoms with E-state index in [0.717, 1.165) is 74.4 Å². The van der Waals surface area contributed by atoms with E-state index in [-0.39, 0.29) is 5.41 Å². The van der Waals surface area contributed by atoms with Crippen LogP contribution in [0.4, 0.5) is 0 Å². The standard InChI is InChI=1S/C46H54O6/c1-3-5-7-9-11-31-49-40-21-14-36(15-22-40)34-50-52-42-24-18-38-27-29-46(44(38)33-42)28-26-37-17-23-41(32-43(37)46)51-45(47)25-16-35-12-19-39(20-13-35)48-30-10-8-6-4-2/h12-25,32-33H,3-11,26-31,34H2,1-2H3. The van der Waals surface area contributed by atoms with E-state index >= 15 is 0 Å². The second-order valence-electron chi connectivity index (χ2n) is 14.2. The number of ether oxygens (including phenoxy) is 3. The number of benzene rings is 4. The average Bonchev–Trinajstić information content (AvgIpc) is 3.73. The lowest BCUT2D eigenvalue weighted by atomic mass is 9.76. The van der Waals surface area contributed by atoms with Crippen LogP contribution in [0.2, 0.25) is 0 Å². The second kappa shape index (κ2) is 18.8. The average molecular weight is 703 g/mol. The summed E-state index contributed by atoms with van der Waals surface area (Å²) in [5.74, 6) is 2.58. The van der Waals surface area contributed by atoms with Crippen LogP contribution in [0.1, 0.15) is 118 Å². The summed E-state index contributed by atoms with van der Waals surface area (Å²) in [4.78, 5) is 24.4. The van der Waals surface area contributed by atoms with Crippen molar-refractivity contribution in [2.75, 3.05) is 13.2 Å². The molecule has 2 aliphatic rings. The van der Waals surface area contributed by atoms with E-state index in [0.29, 0.717) is 18.1 Å². The largest absolute Gasteiger partial charge is 0.494 e. The molecule has 0 aromatic heterocycles. The number of rotatable bonds is 20. The number of hydrogen-bond acceptors (Lipinski definition) is 6. The number of esters is 1. The summed E-state index contributed by atoms with van der Waals surface area (Å²) >= 11 is 0. The molecule has 0 saturated carbocycles. The molecule has 1 unspecified atom stereocenters. The quantitative estimate of drug-likeness (QED) is 0.0228. The molecule has 0 heterocycles. The SMILES string of the molecule is CCCCCCCOc1ccc(COOc2ccc3c(c2)C2(CC3)CCc3ccc(OC(=O)C=Cc4ccc(OCCCCCC)cc4)cc32)cc1. The predicted octanol–water partition coefficient (Wildman–Crippen LogP) is 11.3. The Morgan fingerprint density at radius 1 is 0.635 bits per heavy atom. The van der Waals surface area contributed by atoms with Gasteiger partial charge in [0, 0.05) is 11.5 Å². The maximum Gasteiger partial charge on any atom is 0.336 e. The van der Waals surface area contributed by atoms with Crippen LogP contribution in [0.25, 0.3) is 6.08 Å². The van der Waals surface area contributed by atoms with Gasteiger partial charge in [0.2, 0.25) is 0 Å². The molecule has 0 saturated heterocycles. The van der Waals surface area contributed by atoms with Gasteiger partial charge in [-0.25, -0.2) is 4.79 Å². The number of unbranched alkanes of at least 4 members (excludes halogenated alkanes) is 7. The summed E-state index contributed by atoms with van der Waals surface area (Å²) in [5, 5.41) is 0. The first kappa shape index (κ1) is 37.2. The molecule has 274 valence electrons. The van der Waals surface area contributed by atoms with Crippen LogP contribution in [0, 0.1) is 0 Å². The normalized spacial score (nSPS) is 15.9. The summed E-state index contributed by atoms with van der Waals surface area (Å²) in [7, 11) is 0. The molecule has 6 heteroatoms. The molecule has 6 nitrogen and oxygen atoms in total. The Balaban J connectivity index is 1.02. The van der Waals surface area contributed by atoms with Crippen molar-refractivity contribution in [3.05, 3.63) is 124 Å². The van der Waals surface area contributed by atoms with Crippen LogP contribution in [0.15, 0.2) is 91.0 Å². The van der Waals surface area contributed by atoms with Gasteiger partial charge in [0.15, 0.2) is 5.75 Å². The van der Waals surface area contributed by atoms with Crippen molar-refractivity contribution in [3.63, 3.8) is 0 Å². The third-order valence-corrected chi connectivity index (χ3v) is 10.4. The molecule has 2 aliphatic carbocycles. The summed E-state index contributed by atoms with van der Waals surface area (Å²) in [6.07, 6.45) is 18.1. The molecular weight excluding hydrogens is 648 g/mol. The Hall–Kier alpha value is -4.55. The number of carbonyl (C=O) groups is 1. The van der Waals surface area contributed by atoms with E-state index in [1.54, 1.807) is 6.08 Å². The van der Waals surface area contributed by atoms with Crippen molar-refractivity contribution in [3.8, 4) is 23.0 Å². The lowest BCUT2D eigenvalue weighted by Crippen LogP contribution is -2.21. The zero-order chi connectivity index (χ0) is 36.0. The molecule has 0 bridgehead atoms. The van der Waals surface area contributed by atoms with Crippen LogP contribution in [-0.2, 0) is 34.5 Å². The van der Waals surface area contributed by atoms with Gasteiger partial charge in [-0.05, 0) is 127 Å². The predicted molar refractivity (Wildman–Crippen MR) is 207 cm³/mol. The third-order valence-electron chi connectivity index (χ3n) is 10.4. The first-order chi connectivity index (χ1) is 25.6. The molecule has 1 atom stereocenters. The van der Waals surface area contributed by atoms with Gasteiger partial charge in [0.05, 0.1) is 13.2 Å². The maximum absolute atomic E-state index is 12.9. The Morgan fingerprint density at radius 3 is 1.81 bits per heavy atom. The molecule has 0 fully saturated rings. The minimum absolute atomic E-state index is 0.131. The van der Waals surface area contributed by atoms with Crippen molar-refractivity contribution >= 4 is 12.0 Å². The smallest absolute Gasteiger partial charge is 0.336 e. The molecule has 4 aromatic carbocycles. The van der Waals surface area contributed by atoms with Crippen molar-refractivity contribution < 1.29 is 28.8 Å². The number of hydrogen-bond donors (Lipinski definition) is 0. The highest BCUT2D eigenvalue weighted by Gasteiger charge is 2.45. The summed E-state index contributed by atoms with van der Waals surface area (Å²) < 4.78 is 17.6. The highest BCUT2D eigenvalue weighted by atomic mass is 17.2. The molecule has 0 aliphatic heterocycles. The number of aryl methyl sites for hydroxylation is 2. The fraction of sp³-hybridized carbons (Fsp3) is 0.413. The molecule has 4 aromatic rings. The minimum Gasteiger partial charge on any atom is -0.494 e. The second-order valence-corrected chi connectivity index (χ2v) is 14.2. The van der Waals surface area contributed by atoms with E-state index < -0.39 is 5.97 Å². The van der Waals surface area contributed by atoms with Crippen LogP contribution < -0.4 is 19.1 Å². The van der Waals surface area contributed by atoms with Crippen molar-refractivity contribution in [2.24, 2.45) is 0 Å². The van der Waals surface area contributed by atoms with E-state index in [1.807, 2.05) is 60.7 Å². The van der Waals surface area contributed by atoms with Gasteiger partial charge in [0.1, 0.15) is 23.9 Å². The topological polar surface area (TPSA) is 63.2 Å². The van der Waals surface area contributed by atoms with E-state index in [4.69, 9.17) is 24.0 Å². The number of fused-ring (bicyclic) bond motifs is 4. The maximum atomic E-state index is 12.9. The van der Waals surface area contributed by atoms with Gasteiger partial charge < -0.3 is 19.1 Å². The highest BCUT2D eigenvalue weighted by molar-refractivity contribution is 5.88. The number of carbonyl (C=O) groups excluding carboxylic acids is 1. The Labute approximate surface area is 310 Å². The van der Waals surface area contributed by atoms with E-state index in [2.05, 4.69) is 38.1 Å². The Morgan fingerprint density at radius 2 is 1.17 bits per heavy atom. The van der Waals surface area contributed by atoms with Crippen LogP contribution in [0.3, 0.4) is 0 Å². The van der Waals surface area contributed by atoms with Gasteiger partial charge in [-0.15, -0.1) is 0 Å². The van der Waals surface area contributed by atoms with Crippen LogP contribution in [-0.4, -0.2) is 19.2 Å². The molecule has 0 N–H and O–H groups in total. The molecule has 52 heavy (non-hydrogen) atoms. The van der Waals surface area contributed by atoms with Crippen LogP contribution >= 0.6 is 0 Å². The monoisotopic (exact) mass is 702 g/mol. The molecule has 6 rings (SSSR count). The van der Waals surface area contributed by atoms with Gasteiger partial charge in [-0.2, -0.15) is 4.89 Å².